The summed E-state index contributed by atoms with van der Waals surface area (Å²) in [6.45, 7) is 7.39. The van der Waals surface area contributed by atoms with Crippen molar-refractivity contribution in [1.29, 1.82) is 0 Å². The van der Waals surface area contributed by atoms with E-state index in [2.05, 4.69) is 38.2 Å². The van der Waals surface area contributed by atoms with Gasteiger partial charge in [-0.2, -0.15) is 0 Å². The Bertz CT molecular complexity index is 455. The molecule has 1 heterocycles. The molecule has 2 unspecified atom stereocenters. The van der Waals surface area contributed by atoms with E-state index in [1.807, 2.05) is 30.1 Å². The van der Waals surface area contributed by atoms with Gasteiger partial charge in [-0.05, 0) is 37.3 Å². The fourth-order valence-electron chi connectivity index (χ4n) is 2.98. The lowest BCUT2D eigenvalue weighted by atomic mass is 9.77. The smallest absolute Gasteiger partial charge is 0.240 e. The predicted octanol–water partition coefficient (Wildman–Crippen LogP) is 2.98. The number of carbonyl (C=O) groups is 1. The van der Waals surface area contributed by atoms with E-state index in [4.69, 9.17) is 0 Å². The highest BCUT2D eigenvalue weighted by Gasteiger charge is 2.39. The van der Waals surface area contributed by atoms with E-state index in [1.54, 1.807) is 0 Å². The number of nitrogens with one attached hydrogen (secondary N) is 1. The quantitative estimate of drug-likeness (QED) is 0.919. The number of hydrogen-bond acceptors (Lipinski definition) is 2. The number of hydrogen-bond donors (Lipinski definition) is 1. The third kappa shape index (κ3) is 3.04. The zero-order chi connectivity index (χ0) is 14.8. The summed E-state index contributed by atoms with van der Waals surface area (Å²) in [5, 5.41) is 3.41. The molecule has 3 heteroatoms. The van der Waals surface area contributed by atoms with Crippen molar-refractivity contribution in [1.82, 2.24) is 10.2 Å². The first-order valence-corrected chi connectivity index (χ1v) is 7.48. The van der Waals surface area contributed by atoms with E-state index in [0.717, 1.165) is 19.4 Å². The Morgan fingerprint density at radius 1 is 1.35 bits per heavy atom. The fourth-order valence-corrected chi connectivity index (χ4v) is 2.98. The van der Waals surface area contributed by atoms with Crippen LogP contribution in [0.3, 0.4) is 0 Å². The van der Waals surface area contributed by atoms with Crippen LogP contribution in [0.25, 0.3) is 0 Å². The number of likely N-dealkylation sites (N-methyl/N-ethyl adjacent to an activating group) is 1. The third-order valence-corrected chi connectivity index (χ3v) is 4.59. The molecule has 20 heavy (non-hydrogen) atoms. The van der Waals surface area contributed by atoms with Gasteiger partial charge in [0.05, 0.1) is 12.1 Å². The van der Waals surface area contributed by atoms with E-state index >= 15 is 0 Å². The van der Waals surface area contributed by atoms with Crippen LogP contribution in [-0.4, -0.2) is 30.4 Å². The maximum atomic E-state index is 12.8. The van der Waals surface area contributed by atoms with Crippen LogP contribution in [0.5, 0.6) is 0 Å². The molecule has 1 aliphatic heterocycles. The molecule has 0 aliphatic carbocycles. The zero-order valence-corrected chi connectivity index (χ0v) is 13.0. The second kappa shape index (κ2) is 5.96. The molecule has 1 aromatic carbocycles. The van der Waals surface area contributed by atoms with Crippen molar-refractivity contribution in [3.63, 3.8) is 0 Å². The summed E-state index contributed by atoms with van der Waals surface area (Å²) < 4.78 is 0. The second-order valence-corrected chi connectivity index (χ2v) is 6.52. The second-order valence-electron chi connectivity index (χ2n) is 6.52. The van der Waals surface area contributed by atoms with Crippen LogP contribution >= 0.6 is 0 Å². The van der Waals surface area contributed by atoms with Crippen LogP contribution < -0.4 is 5.32 Å². The molecule has 110 valence electrons. The highest BCUT2D eigenvalue weighted by Crippen LogP contribution is 2.32. The summed E-state index contributed by atoms with van der Waals surface area (Å²) in [5.41, 5.74) is 1.21. The number of amides is 1. The molecule has 1 saturated heterocycles. The van der Waals surface area contributed by atoms with Gasteiger partial charge < -0.3 is 10.2 Å². The molecule has 1 fully saturated rings. The highest BCUT2D eigenvalue weighted by molar-refractivity contribution is 5.83. The van der Waals surface area contributed by atoms with Gasteiger partial charge in [0.2, 0.25) is 5.91 Å². The van der Waals surface area contributed by atoms with Crippen molar-refractivity contribution in [3.8, 4) is 0 Å². The monoisotopic (exact) mass is 274 g/mol. The zero-order valence-electron chi connectivity index (χ0n) is 13.0. The highest BCUT2D eigenvalue weighted by atomic mass is 16.2. The number of rotatable bonds is 3. The van der Waals surface area contributed by atoms with Gasteiger partial charge in [0.1, 0.15) is 0 Å². The fraction of sp³-hybridized carbons (Fsp3) is 0.588. The molecule has 1 N–H and O–H groups in total. The normalized spacial score (nSPS) is 23.1. The average Bonchev–Trinajstić information content (AvgIpc) is 2.45. The predicted molar refractivity (Wildman–Crippen MR) is 82.4 cm³/mol. The van der Waals surface area contributed by atoms with Crippen molar-refractivity contribution in [2.24, 2.45) is 5.41 Å². The summed E-state index contributed by atoms with van der Waals surface area (Å²) in [4.78, 5) is 14.7. The van der Waals surface area contributed by atoms with Crippen LogP contribution in [0.15, 0.2) is 30.3 Å². The molecule has 0 radical (unpaired) electrons. The Hall–Kier alpha value is -1.35. The topological polar surface area (TPSA) is 32.3 Å². The van der Waals surface area contributed by atoms with Gasteiger partial charge in [0.15, 0.2) is 0 Å². The third-order valence-electron chi connectivity index (χ3n) is 4.59. The minimum absolute atomic E-state index is 0.0278. The number of benzene rings is 1. The van der Waals surface area contributed by atoms with E-state index in [9.17, 15) is 4.79 Å². The maximum Gasteiger partial charge on any atom is 0.240 e. The molecule has 2 rings (SSSR count). The van der Waals surface area contributed by atoms with Gasteiger partial charge >= 0.3 is 0 Å². The summed E-state index contributed by atoms with van der Waals surface area (Å²) in [5.74, 6) is 0.200. The number of carbonyl (C=O) groups excluding carboxylic acids is 1. The Labute approximate surface area is 122 Å². The Balaban J connectivity index is 2.12. The molecule has 1 aromatic rings. The van der Waals surface area contributed by atoms with Crippen LogP contribution in [0.1, 0.15) is 45.2 Å². The molecule has 1 aliphatic rings. The van der Waals surface area contributed by atoms with Gasteiger partial charge in [0.25, 0.3) is 0 Å². The van der Waals surface area contributed by atoms with Gasteiger partial charge in [-0.25, -0.2) is 0 Å². The SMILES string of the molecule is CC(c1ccccc1)N(C)C(=O)C1NCCCC1(C)C. The van der Waals surface area contributed by atoms with Crippen molar-refractivity contribution in [2.45, 2.75) is 45.7 Å². The van der Waals surface area contributed by atoms with Crippen LogP contribution in [0.4, 0.5) is 0 Å². The first kappa shape index (κ1) is 15.0. The lowest BCUT2D eigenvalue weighted by molar-refractivity contribution is -0.138. The number of nitrogens with zero attached hydrogens (tertiary/aromatic N) is 1. The molecular weight excluding hydrogens is 248 g/mol. The largest absolute Gasteiger partial charge is 0.338 e. The molecule has 2 atom stereocenters. The Morgan fingerprint density at radius 2 is 2.00 bits per heavy atom. The molecule has 0 aromatic heterocycles. The Morgan fingerprint density at radius 3 is 2.60 bits per heavy atom. The molecule has 0 bridgehead atoms. The Kier molecular flexibility index (Phi) is 4.48. The lowest BCUT2D eigenvalue weighted by Crippen LogP contribution is -2.56. The molecule has 3 nitrogen and oxygen atoms in total. The van der Waals surface area contributed by atoms with Gasteiger partial charge in [-0.1, -0.05) is 44.2 Å². The van der Waals surface area contributed by atoms with Crippen molar-refractivity contribution < 1.29 is 4.79 Å². The first-order chi connectivity index (χ1) is 9.43. The van der Waals surface area contributed by atoms with Crippen LogP contribution in [0, 0.1) is 5.41 Å². The minimum Gasteiger partial charge on any atom is -0.338 e. The lowest BCUT2D eigenvalue weighted by Gasteiger charge is -2.41. The summed E-state index contributed by atoms with van der Waals surface area (Å²) in [6.07, 6.45) is 2.25. The average molecular weight is 274 g/mol. The minimum atomic E-state index is -0.0765. The van der Waals surface area contributed by atoms with Crippen molar-refractivity contribution in [3.05, 3.63) is 35.9 Å². The van der Waals surface area contributed by atoms with Gasteiger partial charge in [-0.15, -0.1) is 0 Å². The van der Waals surface area contributed by atoms with Crippen molar-refractivity contribution in [2.75, 3.05) is 13.6 Å². The maximum absolute atomic E-state index is 12.8. The van der Waals surface area contributed by atoms with Crippen molar-refractivity contribution >= 4 is 5.91 Å². The molecule has 0 saturated carbocycles. The van der Waals surface area contributed by atoms with E-state index in [0.29, 0.717) is 0 Å². The van der Waals surface area contributed by atoms with Gasteiger partial charge in [-0.3, -0.25) is 4.79 Å². The summed E-state index contributed by atoms with van der Waals surface area (Å²) >= 11 is 0. The van der Waals surface area contributed by atoms with E-state index in [1.165, 1.54) is 5.56 Å². The van der Waals surface area contributed by atoms with E-state index < -0.39 is 0 Å². The molecule has 1 amide bonds. The summed E-state index contributed by atoms with van der Waals surface area (Å²) in [6, 6.07) is 10.2. The number of piperidine rings is 1. The standard InChI is InChI=1S/C17H26N2O/c1-13(14-9-6-5-7-10-14)19(4)16(20)15-17(2,3)11-8-12-18-15/h5-7,9-10,13,15,18H,8,11-12H2,1-4H3. The van der Waals surface area contributed by atoms with Crippen LogP contribution in [-0.2, 0) is 4.79 Å². The molecular formula is C17H26N2O. The first-order valence-electron chi connectivity index (χ1n) is 7.48. The van der Waals surface area contributed by atoms with Crippen LogP contribution in [0.2, 0.25) is 0 Å². The van der Waals surface area contributed by atoms with E-state index in [-0.39, 0.29) is 23.4 Å². The van der Waals surface area contributed by atoms with Gasteiger partial charge in [0, 0.05) is 7.05 Å². The summed E-state index contributed by atoms with van der Waals surface area (Å²) in [7, 11) is 1.91. The molecule has 0 spiro atoms.